The van der Waals surface area contributed by atoms with Crippen LogP contribution in [0.3, 0.4) is 0 Å². The first-order valence-corrected chi connectivity index (χ1v) is 5.25. The van der Waals surface area contributed by atoms with Crippen LogP contribution in [0.4, 0.5) is 5.69 Å². The highest BCUT2D eigenvalue weighted by Crippen LogP contribution is 2.28. The van der Waals surface area contributed by atoms with Gasteiger partial charge in [-0.15, -0.1) is 0 Å². The average molecular weight is 205 g/mol. The highest BCUT2D eigenvalue weighted by Gasteiger charge is 2.32. The third-order valence-electron chi connectivity index (χ3n) is 2.63. The van der Waals surface area contributed by atoms with E-state index in [1.165, 1.54) is 0 Å². The summed E-state index contributed by atoms with van der Waals surface area (Å²) >= 11 is 0. The third kappa shape index (κ3) is 1.93. The van der Waals surface area contributed by atoms with E-state index in [0.717, 1.165) is 19.4 Å². The molecule has 0 bridgehead atoms. The second kappa shape index (κ2) is 3.88. The predicted octanol–water partition coefficient (Wildman–Crippen LogP) is 1.29. The van der Waals surface area contributed by atoms with E-state index in [1.807, 2.05) is 11.8 Å². The summed E-state index contributed by atoms with van der Waals surface area (Å²) in [4.78, 5) is 17.9. The van der Waals surface area contributed by atoms with E-state index in [2.05, 4.69) is 4.98 Å². The van der Waals surface area contributed by atoms with Gasteiger partial charge in [-0.3, -0.25) is 4.79 Å². The van der Waals surface area contributed by atoms with Gasteiger partial charge in [-0.2, -0.15) is 0 Å². The van der Waals surface area contributed by atoms with E-state index in [1.54, 1.807) is 18.3 Å². The Morgan fingerprint density at radius 3 is 2.93 bits per heavy atom. The number of nitrogens with zero attached hydrogens (tertiary/aromatic N) is 2. The first-order valence-electron chi connectivity index (χ1n) is 5.25. The number of hydrogen-bond acceptors (Lipinski definition) is 3. The largest absolute Gasteiger partial charge is 0.397 e. The van der Waals surface area contributed by atoms with Crippen molar-refractivity contribution in [1.29, 1.82) is 0 Å². The highest BCUT2D eigenvalue weighted by atomic mass is 16.2. The lowest BCUT2D eigenvalue weighted by Gasteiger charge is -2.20. The fourth-order valence-electron chi connectivity index (χ4n) is 1.69. The summed E-state index contributed by atoms with van der Waals surface area (Å²) in [6.07, 6.45) is 3.81. The molecular weight excluding hydrogens is 190 g/mol. The maximum Gasteiger partial charge on any atom is 0.274 e. The number of hydrogen-bond donors (Lipinski definition) is 1. The summed E-state index contributed by atoms with van der Waals surface area (Å²) in [5.74, 6) is -0.0434. The molecule has 4 nitrogen and oxygen atoms in total. The quantitative estimate of drug-likeness (QED) is 0.808. The minimum Gasteiger partial charge on any atom is -0.397 e. The van der Waals surface area contributed by atoms with Crippen LogP contribution in [0.2, 0.25) is 0 Å². The van der Waals surface area contributed by atoms with E-state index in [9.17, 15) is 4.79 Å². The number of amides is 1. The van der Waals surface area contributed by atoms with E-state index in [4.69, 9.17) is 5.73 Å². The van der Waals surface area contributed by atoms with Gasteiger partial charge in [0.25, 0.3) is 5.91 Å². The van der Waals surface area contributed by atoms with Gasteiger partial charge in [0.15, 0.2) is 5.69 Å². The topological polar surface area (TPSA) is 59.2 Å². The minimum atomic E-state index is -0.0434. The van der Waals surface area contributed by atoms with Gasteiger partial charge in [0.1, 0.15) is 0 Å². The summed E-state index contributed by atoms with van der Waals surface area (Å²) in [6.45, 7) is 2.70. The third-order valence-corrected chi connectivity index (χ3v) is 2.63. The van der Waals surface area contributed by atoms with Gasteiger partial charge in [-0.1, -0.05) is 0 Å². The molecule has 0 spiro atoms. The van der Waals surface area contributed by atoms with E-state index in [-0.39, 0.29) is 5.91 Å². The summed E-state index contributed by atoms with van der Waals surface area (Å²) < 4.78 is 0. The second-order valence-electron chi connectivity index (χ2n) is 3.76. The van der Waals surface area contributed by atoms with Crippen LogP contribution in [0.1, 0.15) is 30.3 Å². The van der Waals surface area contributed by atoms with Gasteiger partial charge in [0.05, 0.1) is 5.69 Å². The monoisotopic (exact) mass is 205 g/mol. The molecule has 1 amide bonds. The number of anilines is 1. The molecule has 0 radical (unpaired) electrons. The van der Waals surface area contributed by atoms with Crippen LogP contribution in [-0.2, 0) is 0 Å². The van der Waals surface area contributed by atoms with Crippen molar-refractivity contribution in [3.05, 3.63) is 24.0 Å². The Labute approximate surface area is 89.1 Å². The molecule has 0 aliphatic heterocycles. The lowest BCUT2D eigenvalue weighted by molar-refractivity contribution is 0.0748. The van der Waals surface area contributed by atoms with E-state index in [0.29, 0.717) is 17.4 Å². The number of aromatic nitrogens is 1. The molecule has 15 heavy (non-hydrogen) atoms. The van der Waals surface area contributed by atoms with Crippen LogP contribution in [0.5, 0.6) is 0 Å². The number of rotatable bonds is 3. The Morgan fingerprint density at radius 2 is 2.40 bits per heavy atom. The number of carbonyl (C=O) groups is 1. The van der Waals surface area contributed by atoms with Crippen LogP contribution < -0.4 is 5.73 Å². The molecule has 80 valence electrons. The molecule has 1 fully saturated rings. The fourth-order valence-corrected chi connectivity index (χ4v) is 1.69. The molecule has 0 unspecified atom stereocenters. The molecule has 0 atom stereocenters. The molecule has 4 heteroatoms. The Bertz CT molecular complexity index is 374. The number of pyridine rings is 1. The Balaban J connectivity index is 2.22. The zero-order valence-corrected chi connectivity index (χ0v) is 8.81. The van der Waals surface area contributed by atoms with Crippen molar-refractivity contribution >= 4 is 11.6 Å². The SMILES string of the molecule is CCN(C(=O)c1ncccc1N)C1CC1. The molecule has 1 aliphatic rings. The first kappa shape index (κ1) is 9.96. The van der Waals surface area contributed by atoms with Crippen LogP contribution >= 0.6 is 0 Å². The molecule has 0 aromatic carbocycles. The van der Waals surface area contributed by atoms with Gasteiger partial charge in [0.2, 0.25) is 0 Å². The summed E-state index contributed by atoms with van der Waals surface area (Å²) in [7, 11) is 0. The molecule has 2 N–H and O–H groups in total. The predicted molar refractivity (Wildman–Crippen MR) is 58.4 cm³/mol. The highest BCUT2D eigenvalue weighted by molar-refractivity contribution is 5.97. The summed E-state index contributed by atoms with van der Waals surface area (Å²) in [6, 6.07) is 3.85. The van der Waals surface area contributed by atoms with Crippen molar-refractivity contribution < 1.29 is 4.79 Å². The van der Waals surface area contributed by atoms with Gasteiger partial charge in [-0.05, 0) is 31.9 Å². The Hall–Kier alpha value is -1.58. The molecule has 0 saturated heterocycles. The van der Waals surface area contributed by atoms with E-state index >= 15 is 0 Å². The van der Waals surface area contributed by atoms with Gasteiger partial charge in [-0.25, -0.2) is 4.98 Å². The van der Waals surface area contributed by atoms with Crippen molar-refractivity contribution in [2.75, 3.05) is 12.3 Å². The maximum atomic E-state index is 12.1. The Kier molecular flexibility index (Phi) is 2.58. The lowest BCUT2D eigenvalue weighted by atomic mass is 10.2. The van der Waals surface area contributed by atoms with Crippen molar-refractivity contribution in [3.63, 3.8) is 0 Å². The van der Waals surface area contributed by atoms with Crippen molar-refractivity contribution in [1.82, 2.24) is 9.88 Å². The molecule has 1 aromatic heterocycles. The number of nitrogen functional groups attached to an aromatic ring is 1. The van der Waals surface area contributed by atoms with Gasteiger partial charge >= 0.3 is 0 Å². The number of carbonyl (C=O) groups excluding carboxylic acids is 1. The van der Waals surface area contributed by atoms with E-state index < -0.39 is 0 Å². The molecular formula is C11H15N3O. The standard InChI is InChI=1S/C11H15N3O/c1-2-14(8-5-6-8)11(15)10-9(12)4-3-7-13-10/h3-4,7-8H,2,5-6,12H2,1H3. The molecule has 1 aliphatic carbocycles. The first-order chi connectivity index (χ1) is 7.24. The minimum absolute atomic E-state index is 0.0434. The fraction of sp³-hybridized carbons (Fsp3) is 0.455. The van der Waals surface area contributed by atoms with Gasteiger partial charge in [0, 0.05) is 18.8 Å². The van der Waals surface area contributed by atoms with Crippen molar-refractivity contribution in [2.45, 2.75) is 25.8 Å². The van der Waals surface area contributed by atoms with Crippen LogP contribution in [0, 0.1) is 0 Å². The second-order valence-corrected chi connectivity index (χ2v) is 3.76. The lowest BCUT2D eigenvalue weighted by Crippen LogP contribution is -2.33. The van der Waals surface area contributed by atoms with Crippen molar-refractivity contribution in [2.24, 2.45) is 0 Å². The van der Waals surface area contributed by atoms with Crippen LogP contribution in [-0.4, -0.2) is 28.4 Å². The smallest absolute Gasteiger partial charge is 0.274 e. The molecule has 1 heterocycles. The number of nitrogens with two attached hydrogens (primary N) is 1. The Morgan fingerprint density at radius 1 is 1.67 bits per heavy atom. The zero-order chi connectivity index (χ0) is 10.8. The van der Waals surface area contributed by atoms with Crippen molar-refractivity contribution in [3.8, 4) is 0 Å². The molecule has 1 saturated carbocycles. The van der Waals surface area contributed by atoms with Gasteiger partial charge < -0.3 is 10.6 Å². The average Bonchev–Trinajstić information content (AvgIpc) is 3.03. The van der Waals surface area contributed by atoms with Crippen LogP contribution in [0.25, 0.3) is 0 Å². The summed E-state index contributed by atoms with van der Waals surface area (Å²) in [5, 5.41) is 0. The zero-order valence-electron chi connectivity index (χ0n) is 8.81. The molecule has 2 rings (SSSR count). The van der Waals surface area contributed by atoms with Crippen LogP contribution in [0.15, 0.2) is 18.3 Å². The summed E-state index contributed by atoms with van der Waals surface area (Å²) in [5.41, 5.74) is 6.57. The maximum absolute atomic E-state index is 12.1. The molecule has 1 aromatic rings. The normalized spacial score (nSPS) is 15.0.